The molecule has 0 radical (unpaired) electrons. The number of hydrogen-bond acceptors (Lipinski definition) is 4. The van der Waals surface area contributed by atoms with E-state index >= 15 is 0 Å². The molecule has 0 saturated carbocycles. The molecule has 1 aromatic carbocycles. The van der Waals surface area contributed by atoms with Gasteiger partial charge in [-0.25, -0.2) is 8.42 Å². The van der Waals surface area contributed by atoms with Crippen molar-refractivity contribution < 1.29 is 18.1 Å². The van der Waals surface area contributed by atoms with Crippen molar-refractivity contribution in [1.82, 2.24) is 9.62 Å². The molecular weight excluding hydrogens is 418 g/mol. The Morgan fingerprint density at radius 2 is 2.03 bits per heavy atom. The minimum atomic E-state index is -3.48. The van der Waals surface area contributed by atoms with Crippen LogP contribution in [-0.2, 0) is 27.8 Å². The van der Waals surface area contributed by atoms with Crippen LogP contribution in [-0.4, -0.2) is 51.4 Å². The van der Waals surface area contributed by atoms with Crippen LogP contribution < -0.4 is 10.2 Å². The molecule has 2 aromatic rings. The summed E-state index contributed by atoms with van der Waals surface area (Å²) >= 11 is 1.23. The molecule has 0 bridgehead atoms. The van der Waals surface area contributed by atoms with Crippen LogP contribution in [0.3, 0.4) is 0 Å². The van der Waals surface area contributed by atoms with E-state index in [1.54, 1.807) is 22.4 Å². The molecule has 2 aliphatic heterocycles. The minimum Gasteiger partial charge on any atom is -0.356 e. The number of quaternary nitrogens is 1. The molecule has 1 saturated heterocycles. The molecule has 2 aliphatic rings. The maximum absolute atomic E-state index is 12.7. The number of rotatable bonds is 7. The Kier molecular flexibility index (Phi) is 6.87. The summed E-state index contributed by atoms with van der Waals surface area (Å²) in [6.45, 7) is 4.66. The Bertz CT molecular complexity index is 960. The number of amides is 1. The van der Waals surface area contributed by atoms with Crippen molar-refractivity contribution >= 4 is 27.3 Å². The van der Waals surface area contributed by atoms with Crippen LogP contribution in [0.2, 0.25) is 0 Å². The second-order valence-corrected chi connectivity index (χ2v) is 11.3. The van der Waals surface area contributed by atoms with Crippen molar-refractivity contribution in [2.75, 3.05) is 32.7 Å². The summed E-state index contributed by atoms with van der Waals surface area (Å²) < 4.78 is 27.3. The third-order valence-electron chi connectivity index (χ3n) is 6.16. The van der Waals surface area contributed by atoms with Gasteiger partial charge in [0, 0.05) is 38.0 Å². The number of nitrogens with zero attached hydrogens (tertiary/aromatic N) is 1. The van der Waals surface area contributed by atoms with E-state index in [-0.39, 0.29) is 18.4 Å². The number of sulfonamides is 1. The Balaban J connectivity index is 1.22. The van der Waals surface area contributed by atoms with Crippen LogP contribution in [0, 0.1) is 5.92 Å². The maximum Gasteiger partial charge on any atom is 0.252 e. The summed E-state index contributed by atoms with van der Waals surface area (Å²) in [5.41, 5.74) is 2.91. The van der Waals surface area contributed by atoms with Gasteiger partial charge >= 0.3 is 0 Å². The molecule has 3 heterocycles. The summed E-state index contributed by atoms with van der Waals surface area (Å²) in [5.74, 6) is -0.275. The molecule has 0 aliphatic carbocycles. The minimum absolute atomic E-state index is 0.0138. The zero-order valence-corrected chi connectivity index (χ0v) is 18.8. The van der Waals surface area contributed by atoms with Gasteiger partial charge in [0.2, 0.25) is 5.91 Å². The Morgan fingerprint density at radius 1 is 1.20 bits per heavy atom. The molecule has 162 valence electrons. The first kappa shape index (κ1) is 21.5. The topological polar surface area (TPSA) is 70.9 Å². The van der Waals surface area contributed by atoms with Gasteiger partial charge in [-0.15, -0.1) is 11.3 Å². The second-order valence-electron chi connectivity index (χ2n) is 8.22. The molecule has 2 atom stereocenters. The predicted octanol–water partition coefficient (Wildman–Crippen LogP) is 1.30. The van der Waals surface area contributed by atoms with Crippen LogP contribution in [0.4, 0.5) is 0 Å². The lowest BCUT2D eigenvalue weighted by Gasteiger charge is -2.31. The molecule has 30 heavy (non-hydrogen) atoms. The highest BCUT2D eigenvalue weighted by molar-refractivity contribution is 7.91. The SMILES string of the molecule is O=C(NCCC[NH+]1CCc2ccccc2C1)C1CCCN(S(=O)(=O)c2cccs2)C1. The van der Waals surface area contributed by atoms with Gasteiger partial charge in [-0.1, -0.05) is 30.3 Å². The number of piperidine rings is 1. The number of fused-ring (bicyclic) bond motifs is 1. The van der Waals surface area contributed by atoms with Crippen LogP contribution in [0.1, 0.15) is 30.4 Å². The van der Waals surface area contributed by atoms with Gasteiger partial charge in [0.25, 0.3) is 10.0 Å². The van der Waals surface area contributed by atoms with E-state index in [0.717, 1.165) is 45.3 Å². The lowest BCUT2D eigenvalue weighted by molar-refractivity contribution is -0.916. The molecule has 1 amide bonds. The zero-order valence-electron chi connectivity index (χ0n) is 17.2. The molecular formula is C22H30N3O3S2+. The van der Waals surface area contributed by atoms with Crippen molar-refractivity contribution in [2.45, 2.75) is 36.4 Å². The van der Waals surface area contributed by atoms with Crippen molar-refractivity contribution in [3.05, 3.63) is 52.9 Å². The van der Waals surface area contributed by atoms with Crippen molar-refractivity contribution in [2.24, 2.45) is 5.92 Å². The number of hydrogen-bond donors (Lipinski definition) is 2. The Hall–Kier alpha value is -1.74. The first-order valence-corrected chi connectivity index (χ1v) is 13.1. The van der Waals surface area contributed by atoms with E-state index in [1.807, 2.05) is 0 Å². The van der Waals surface area contributed by atoms with Crippen LogP contribution in [0.5, 0.6) is 0 Å². The number of benzene rings is 1. The first-order valence-electron chi connectivity index (χ1n) is 10.8. The lowest BCUT2D eigenvalue weighted by atomic mass is 9.99. The van der Waals surface area contributed by atoms with E-state index < -0.39 is 10.0 Å². The van der Waals surface area contributed by atoms with Crippen molar-refractivity contribution in [3.63, 3.8) is 0 Å². The highest BCUT2D eigenvalue weighted by atomic mass is 32.2. The fourth-order valence-electron chi connectivity index (χ4n) is 4.46. The maximum atomic E-state index is 12.7. The quantitative estimate of drug-likeness (QED) is 0.627. The largest absolute Gasteiger partial charge is 0.356 e. The van der Waals surface area contributed by atoms with Crippen LogP contribution >= 0.6 is 11.3 Å². The molecule has 2 N–H and O–H groups in total. The van der Waals surface area contributed by atoms with Crippen molar-refractivity contribution in [3.8, 4) is 0 Å². The molecule has 2 unspecified atom stereocenters. The Morgan fingerprint density at radius 3 is 2.83 bits per heavy atom. The standard InChI is InChI=1S/C22H29N3O3S2/c26-22(20-8-3-13-25(17-20)30(27,28)21-9-4-15-29-21)23-11-5-12-24-14-10-18-6-1-2-7-19(18)16-24/h1-2,4,6-7,9,15,20H,3,5,8,10-14,16-17H2,(H,23,26)/p+1. The zero-order chi connectivity index (χ0) is 21.0. The average Bonchev–Trinajstić information content (AvgIpc) is 3.32. The summed E-state index contributed by atoms with van der Waals surface area (Å²) in [5, 5.41) is 4.81. The van der Waals surface area contributed by atoms with Gasteiger partial charge in [-0.3, -0.25) is 4.79 Å². The fraction of sp³-hybridized carbons (Fsp3) is 0.500. The van der Waals surface area contributed by atoms with Gasteiger partial charge < -0.3 is 10.2 Å². The third kappa shape index (κ3) is 4.94. The Labute approximate surface area is 182 Å². The number of nitrogens with one attached hydrogen (secondary N) is 2. The summed E-state index contributed by atoms with van der Waals surface area (Å²) in [6.07, 6.45) is 3.53. The summed E-state index contributed by atoms with van der Waals surface area (Å²) in [7, 11) is -3.48. The smallest absolute Gasteiger partial charge is 0.252 e. The lowest BCUT2D eigenvalue weighted by Crippen LogP contribution is -3.11. The molecule has 6 nitrogen and oxygen atoms in total. The predicted molar refractivity (Wildman–Crippen MR) is 118 cm³/mol. The molecule has 8 heteroatoms. The first-order chi connectivity index (χ1) is 14.5. The number of thiophene rings is 1. The van der Waals surface area contributed by atoms with Gasteiger partial charge in [0.15, 0.2) is 0 Å². The molecule has 0 spiro atoms. The normalized spacial score (nSPS) is 22.4. The van der Waals surface area contributed by atoms with Gasteiger partial charge in [0.05, 0.1) is 19.0 Å². The highest BCUT2D eigenvalue weighted by Gasteiger charge is 2.33. The fourth-order valence-corrected chi connectivity index (χ4v) is 7.13. The average molecular weight is 449 g/mol. The number of carbonyl (C=O) groups excluding carboxylic acids is 1. The van der Waals surface area contributed by atoms with E-state index in [2.05, 4.69) is 29.6 Å². The van der Waals surface area contributed by atoms with E-state index in [0.29, 0.717) is 17.3 Å². The third-order valence-corrected chi connectivity index (χ3v) is 9.40. The van der Waals surface area contributed by atoms with Gasteiger partial charge in [-0.2, -0.15) is 4.31 Å². The van der Waals surface area contributed by atoms with Crippen LogP contribution in [0.15, 0.2) is 46.0 Å². The molecule has 1 fully saturated rings. The van der Waals surface area contributed by atoms with E-state index in [1.165, 1.54) is 26.8 Å². The molecule has 1 aromatic heterocycles. The molecule has 4 rings (SSSR count). The monoisotopic (exact) mass is 448 g/mol. The summed E-state index contributed by atoms with van der Waals surface area (Å²) in [4.78, 5) is 14.2. The summed E-state index contributed by atoms with van der Waals surface area (Å²) in [6, 6.07) is 12.0. The van der Waals surface area contributed by atoms with Crippen LogP contribution in [0.25, 0.3) is 0 Å². The van der Waals surface area contributed by atoms with E-state index in [4.69, 9.17) is 0 Å². The highest BCUT2D eigenvalue weighted by Crippen LogP contribution is 2.26. The van der Waals surface area contributed by atoms with Crippen molar-refractivity contribution in [1.29, 1.82) is 0 Å². The number of carbonyl (C=O) groups is 1. The van der Waals surface area contributed by atoms with Gasteiger partial charge in [0.1, 0.15) is 10.8 Å². The van der Waals surface area contributed by atoms with E-state index in [9.17, 15) is 13.2 Å². The van der Waals surface area contributed by atoms with Gasteiger partial charge in [-0.05, 0) is 29.9 Å². The second kappa shape index (κ2) is 9.60.